The Balaban J connectivity index is 1.99. The third-order valence-electron chi connectivity index (χ3n) is 3.26. The summed E-state index contributed by atoms with van der Waals surface area (Å²) >= 11 is 0. The summed E-state index contributed by atoms with van der Waals surface area (Å²) in [4.78, 5) is 0. The number of hydrogen-bond donors (Lipinski definition) is 0. The van der Waals surface area contributed by atoms with Crippen LogP contribution in [0.25, 0.3) is 0 Å². The van der Waals surface area contributed by atoms with E-state index in [1.165, 1.54) is 17.5 Å². The van der Waals surface area contributed by atoms with Crippen LogP contribution in [0.5, 0.6) is 0 Å². The summed E-state index contributed by atoms with van der Waals surface area (Å²) in [7, 11) is -3.30. The Hall–Kier alpha value is -0.870. The molecule has 3 nitrogen and oxygen atoms in total. The van der Waals surface area contributed by atoms with Gasteiger partial charge in [0.15, 0.2) is 0 Å². The molecule has 0 spiro atoms. The maximum absolute atomic E-state index is 10.9. The normalized spacial score (nSPS) is 19.9. The van der Waals surface area contributed by atoms with Crippen LogP contribution in [0.2, 0.25) is 0 Å². The number of rotatable bonds is 4. The lowest BCUT2D eigenvalue weighted by Gasteiger charge is -2.25. The Morgan fingerprint density at radius 2 is 2.12 bits per heavy atom. The zero-order valence-corrected chi connectivity index (χ0v) is 10.9. The zero-order chi connectivity index (χ0) is 12.3. The van der Waals surface area contributed by atoms with Crippen molar-refractivity contribution in [2.75, 3.05) is 12.9 Å². The Kier molecular flexibility index (Phi) is 3.84. The topological polar surface area (TPSA) is 43.4 Å². The largest absolute Gasteiger partial charge is 0.270 e. The van der Waals surface area contributed by atoms with Crippen LogP contribution in [-0.2, 0) is 20.7 Å². The molecule has 94 valence electrons. The lowest BCUT2D eigenvalue weighted by atomic mass is 9.81. The van der Waals surface area contributed by atoms with Crippen LogP contribution in [0.3, 0.4) is 0 Å². The van der Waals surface area contributed by atoms with Gasteiger partial charge in [0.25, 0.3) is 10.1 Å². The van der Waals surface area contributed by atoms with Gasteiger partial charge in [-0.05, 0) is 42.7 Å². The van der Waals surface area contributed by atoms with E-state index in [0.29, 0.717) is 5.92 Å². The first-order valence-corrected chi connectivity index (χ1v) is 7.80. The molecule has 0 saturated heterocycles. The van der Waals surface area contributed by atoms with Gasteiger partial charge in [-0.1, -0.05) is 24.3 Å². The molecule has 0 amide bonds. The predicted octanol–water partition coefficient (Wildman–Crippen LogP) is 2.47. The Labute approximate surface area is 103 Å². The van der Waals surface area contributed by atoms with Crippen LogP contribution in [0.4, 0.5) is 0 Å². The van der Waals surface area contributed by atoms with E-state index in [1.807, 2.05) is 0 Å². The Morgan fingerprint density at radius 1 is 1.35 bits per heavy atom. The molecule has 4 heteroatoms. The molecular formula is C13H18O3S. The highest BCUT2D eigenvalue weighted by atomic mass is 32.2. The van der Waals surface area contributed by atoms with Gasteiger partial charge < -0.3 is 0 Å². The van der Waals surface area contributed by atoms with Gasteiger partial charge in [0.2, 0.25) is 0 Å². The van der Waals surface area contributed by atoms with E-state index in [2.05, 4.69) is 24.3 Å². The molecule has 0 N–H and O–H groups in total. The van der Waals surface area contributed by atoms with Crippen molar-refractivity contribution in [2.24, 2.45) is 0 Å². The minimum absolute atomic E-state index is 0.290. The van der Waals surface area contributed by atoms with E-state index in [4.69, 9.17) is 4.18 Å². The smallest absolute Gasteiger partial charge is 0.264 e. The highest BCUT2D eigenvalue weighted by Crippen LogP contribution is 2.33. The molecule has 1 aromatic rings. The van der Waals surface area contributed by atoms with Gasteiger partial charge in [0.05, 0.1) is 12.9 Å². The van der Waals surface area contributed by atoms with Crippen molar-refractivity contribution in [3.05, 3.63) is 35.4 Å². The summed E-state index contributed by atoms with van der Waals surface area (Å²) in [6.45, 7) is 0.290. The monoisotopic (exact) mass is 254 g/mol. The zero-order valence-electron chi connectivity index (χ0n) is 10.1. The van der Waals surface area contributed by atoms with Crippen LogP contribution < -0.4 is 0 Å². The lowest BCUT2D eigenvalue weighted by molar-refractivity contribution is 0.296. The van der Waals surface area contributed by atoms with Crippen molar-refractivity contribution >= 4 is 10.1 Å². The van der Waals surface area contributed by atoms with E-state index in [9.17, 15) is 8.42 Å². The minimum atomic E-state index is -3.30. The summed E-state index contributed by atoms with van der Waals surface area (Å²) in [5, 5.41) is 0. The highest BCUT2D eigenvalue weighted by Gasteiger charge is 2.19. The maximum Gasteiger partial charge on any atom is 0.264 e. The fraction of sp³-hybridized carbons (Fsp3) is 0.538. The van der Waals surface area contributed by atoms with E-state index in [-0.39, 0.29) is 6.61 Å². The molecule has 1 aliphatic carbocycles. The van der Waals surface area contributed by atoms with Gasteiger partial charge in [-0.2, -0.15) is 8.42 Å². The third-order valence-corrected chi connectivity index (χ3v) is 3.85. The molecule has 0 fully saturated rings. The molecule has 0 bridgehead atoms. The second-order valence-corrected chi connectivity index (χ2v) is 6.25. The van der Waals surface area contributed by atoms with Gasteiger partial charge >= 0.3 is 0 Å². The fourth-order valence-electron chi connectivity index (χ4n) is 2.50. The van der Waals surface area contributed by atoms with Gasteiger partial charge in [-0.15, -0.1) is 0 Å². The first-order valence-electron chi connectivity index (χ1n) is 5.98. The standard InChI is InChI=1S/C13H18O3S/c1-17(14,15)16-10-9-12-7-4-6-11-5-2-3-8-13(11)12/h2-3,5,8,12H,4,6-7,9-10H2,1H3/t12-/m0/s1. The van der Waals surface area contributed by atoms with Crippen molar-refractivity contribution in [3.8, 4) is 0 Å². The first-order chi connectivity index (χ1) is 8.06. The maximum atomic E-state index is 10.9. The van der Waals surface area contributed by atoms with Gasteiger partial charge in [-0.3, -0.25) is 4.18 Å². The molecule has 17 heavy (non-hydrogen) atoms. The summed E-state index contributed by atoms with van der Waals surface area (Å²) in [6, 6.07) is 8.43. The summed E-state index contributed by atoms with van der Waals surface area (Å²) in [6.07, 6.45) is 5.33. The fourth-order valence-corrected chi connectivity index (χ4v) is 2.90. The highest BCUT2D eigenvalue weighted by molar-refractivity contribution is 7.85. The molecule has 2 rings (SSSR count). The number of benzene rings is 1. The average molecular weight is 254 g/mol. The number of aryl methyl sites for hydroxylation is 1. The molecule has 1 aliphatic rings. The van der Waals surface area contributed by atoms with Crippen LogP contribution in [0, 0.1) is 0 Å². The molecule has 0 radical (unpaired) electrons. The second kappa shape index (κ2) is 5.19. The van der Waals surface area contributed by atoms with Crippen molar-refractivity contribution in [1.29, 1.82) is 0 Å². The molecule has 0 unspecified atom stereocenters. The van der Waals surface area contributed by atoms with E-state index >= 15 is 0 Å². The average Bonchev–Trinajstić information content (AvgIpc) is 2.28. The summed E-state index contributed by atoms with van der Waals surface area (Å²) in [5.41, 5.74) is 2.78. The summed E-state index contributed by atoms with van der Waals surface area (Å²) in [5.74, 6) is 0.446. The molecule has 0 aliphatic heterocycles. The molecule has 1 aromatic carbocycles. The molecular weight excluding hydrogens is 236 g/mol. The molecule has 0 heterocycles. The van der Waals surface area contributed by atoms with Crippen LogP contribution in [0.1, 0.15) is 36.3 Å². The van der Waals surface area contributed by atoms with Crippen LogP contribution in [0.15, 0.2) is 24.3 Å². The minimum Gasteiger partial charge on any atom is -0.270 e. The van der Waals surface area contributed by atoms with Crippen LogP contribution >= 0.6 is 0 Å². The Morgan fingerprint density at radius 3 is 2.88 bits per heavy atom. The van der Waals surface area contributed by atoms with Gasteiger partial charge in [0, 0.05) is 0 Å². The van der Waals surface area contributed by atoms with Gasteiger partial charge in [-0.25, -0.2) is 0 Å². The number of fused-ring (bicyclic) bond motifs is 1. The van der Waals surface area contributed by atoms with E-state index < -0.39 is 10.1 Å². The van der Waals surface area contributed by atoms with Crippen molar-refractivity contribution < 1.29 is 12.6 Å². The van der Waals surface area contributed by atoms with Gasteiger partial charge in [0.1, 0.15) is 0 Å². The van der Waals surface area contributed by atoms with Crippen molar-refractivity contribution in [1.82, 2.24) is 0 Å². The molecule has 0 saturated carbocycles. The molecule has 0 aromatic heterocycles. The Bertz CT molecular complexity index is 479. The lowest BCUT2D eigenvalue weighted by Crippen LogP contribution is -2.13. The van der Waals surface area contributed by atoms with Crippen molar-refractivity contribution in [2.45, 2.75) is 31.6 Å². The molecule has 1 atom stereocenters. The summed E-state index contributed by atoms with van der Waals surface area (Å²) < 4.78 is 26.6. The van der Waals surface area contributed by atoms with E-state index in [1.54, 1.807) is 0 Å². The SMILES string of the molecule is CS(=O)(=O)OCC[C@@H]1CCCc2ccccc21. The van der Waals surface area contributed by atoms with Crippen LogP contribution in [-0.4, -0.2) is 21.3 Å². The quantitative estimate of drug-likeness (QED) is 0.775. The third kappa shape index (κ3) is 3.54. The predicted molar refractivity (Wildman–Crippen MR) is 67.5 cm³/mol. The van der Waals surface area contributed by atoms with Crippen molar-refractivity contribution in [3.63, 3.8) is 0 Å². The number of hydrogen-bond acceptors (Lipinski definition) is 3. The second-order valence-electron chi connectivity index (χ2n) is 4.60. The first kappa shape index (κ1) is 12.6. The van der Waals surface area contributed by atoms with E-state index in [0.717, 1.165) is 25.5 Å².